The highest BCUT2D eigenvalue weighted by Gasteiger charge is 2.06. The van der Waals surface area contributed by atoms with Crippen molar-refractivity contribution in [2.24, 2.45) is 0 Å². The standard InChI is InChI=1S/C5H5NO3/c1-3-2-4(5(7)8)6-9-3/h2H,1H3,(H,7,8)/i1D2. The molecule has 0 saturated heterocycles. The number of hydrogen-bond acceptors (Lipinski definition) is 3. The maximum atomic E-state index is 10.2. The highest BCUT2D eigenvalue weighted by atomic mass is 16.5. The summed E-state index contributed by atoms with van der Waals surface area (Å²) in [5.41, 5.74) is -0.274. The average molecular weight is 129 g/mol. The Hall–Kier alpha value is -1.32. The maximum Gasteiger partial charge on any atom is 0.358 e. The van der Waals surface area contributed by atoms with Crippen molar-refractivity contribution < 1.29 is 17.2 Å². The second kappa shape index (κ2) is 1.89. The monoisotopic (exact) mass is 129 g/mol. The van der Waals surface area contributed by atoms with Crippen LogP contribution in [-0.2, 0) is 0 Å². The smallest absolute Gasteiger partial charge is 0.358 e. The van der Waals surface area contributed by atoms with E-state index in [1.165, 1.54) is 0 Å². The molecule has 0 amide bonds. The third kappa shape index (κ3) is 1.07. The summed E-state index contributed by atoms with van der Waals surface area (Å²) in [5.74, 6) is -1.29. The SMILES string of the molecule is [2H]C([2H])c1cc(C(=O)O)no1. The van der Waals surface area contributed by atoms with E-state index in [1.54, 1.807) is 0 Å². The molecule has 1 rings (SSSR count). The van der Waals surface area contributed by atoms with Gasteiger partial charge in [0.05, 0.1) is 0 Å². The van der Waals surface area contributed by atoms with Gasteiger partial charge in [-0.15, -0.1) is 0 Å². The lowest BCUT2D eigenvalue weighted by Crippen LogP contribution is -1.94. The Morgan fingerprint density at radius 1 is 2.11 bits per heavy atom. The highest BCUT2D eigenvalue weighted by Crippen LogP contribution is 1.99. The summed E-state index contributed by atoms with van der Waals surface area (Å²) in [5, 5.41) is 11.5. The largest absolute Gasteiger partial charge is 0.476 e. The summed E-state index contributed by atoms with van der Waals surface area (Å²) in [6.45, 7) is -1.32. The topological polar surface area (TPSA) is 63.3 Å². The molecule has 48 valence electrons. The fourth-order valence-electron chi connectivity index (χ4n) is 0.390. The molecule has 1 N–H and O–H groups in total. The molecule has 4 heteroatoms. The quantitative estimate of drug-likeness (QED) is 0.605. The van der Waals surface area contributed by atoms with Crippen LogP contribution < -0.4 is 0 Å². The zero-order chi connectivity index (χ0) is 8.43. The molecule has 0 aliphatic heterocycles. The summed E-state index contributed by atoms with van der Waals surface area (Å²) < 4.78 is 18.0. The van der Waals surface area contributed by atoms with E-state index in [-0.39, 0.29) is 11.5 Å². The van der Waals surface area contributed by atoms with Crippen LogP contribution in [-0.4, -0.2) is 16.2 Å². The van der Waals surface area contributed by atoms with Crippen molar-refractivity contribution in [2.75, 3.05) is 0 Å². The van der Waals surface area contributed by atoms with Crippen molar-refractivity contribution >= 4 is 5.97 Å². The van der Waals surface area contributed by atoms with Crippen molar-refractivity contribution in [3.8, 4) is 0 Å². The van der Waals surface area contributed by atoms with E-state index in [0.717, 1.165) is 6.07 Å². The van der Waals surface area contributed by atoms with E-state index in [9.17, 15) is 4.79 Å². The molecule has 0 aliphatic carbocycles. The first-order chi connectivity index (χ1) is 5.11. The van der Waals surface area contributed by atoms with E-state index in [4.69, 9.17) is 7.85 Å². The van der Waals surface area contributed by atoms with Crippen LogP contribution >= 0.6 is 0 Å². The highest BCUT2D eigenvalue weighted by molar-refractivity contribution is 5.85. The predicted octanol–water partition coefficient (Wildman–Crippen LogP) is 0.681. The molecular formula is C5H5NO3. The minimum Gasteiger partial charge on any atom is -0.476 e. The first-order valence-corrected chi connectivity index (χ1v) is 2.15. The second-order valence-electron chi connectivity index (χ2n) is 1.42. The van der Waals surface area contributed by atoms with Gasteiger partial charge in [0.1, 0.15) is 5.76 Å². The minimum atomic E-state index is -1.32. The Morgan fingerprint density at radius 3 is 3.22 bits per heavy atom. The van der Waals surface area contributed by atoms with Gasteiger partial charge in [-0.25, -0.2) is 4.79 Å². The van der Waals surface area contributed by atoms with Gasteiger partial charge in [-0.2, -0.15) is 0 Å². The van der Waals surface area contributed by atoms with Gasteiger partial charge in [-0.05, 0) is 6.88 Å². The van der Waals surface area contributed by atoms with Gasteiger partial charge in [0.2, 0.25) is 0 Å². The van der Waals surface area contributed by atoms with Crippen molar-refractivity contribution in [1.29, 1.82) is 0 Å². The third-order valence-corrected chi connectivity index (χ3v) is 0.747. The zero-order valence-corrected chi connectivity index (χ0v) is 4.37. The maximum absolute atomic E-state index is 10.2. The van der Waals surface area contributed by atoms with Crippen molar-refractivity contribution in [1.82, 2.24) is 5.16 Å². The number of hydrogen-bond donors (Lipinski definition) is 1. The van der Waals surface area contributed by atoms with Crippen LogP contribution in [0.1, 0.15) is 19.0 Å². The Bertz CT molecular complexity index is 270. The number of carbonyl (C=O) groups is 1. The lowest BCUT2D eigenvalue weighted by molar-refractivity contribution is 0.0685. The molecule has 0 saturated carbocycles. The second-order valence-corrected chi connectivity index (χ2v) is 1.42. The van der Waals surface area contributed by atoms with Crippen LogP contribution in [0.2, 0.25) is 0 Å². The van der Waals surface area contributed by atoms with Gasteiger partial charge >= 0.3 is 5.97 Å². The summed E-state index contributed by atoms with van der Waals surface area (Å²) in [7, 11) is 0. The predicted molar refractivity (Wildman–Crippen MR) is 28.2 cm³/mol. The summed E-state index contributed by atoms with van der Waals surface area (Å²) >= 11 is 0. The fourth-order valence-corrected chi connectivity index (χ4v) is 0.390. The Balaban J connectivity index is 2.90. The van der Waals surface area contributed by atoms with Crippen LogP contribution in [0, 0.1) is 6.88 Å². The van der Waals surface area contributed by atoms with Crippen LogP contribution in [0.15, 0.2) is 10.6 Å². The van der Waals surface area contributed by atoms with Gasteiger partial charge < -0.3 is 9.63 Å². The molecule has 0 unspecified atom stereocenters. The molecule has 0 bridgehead atoms. The van der Waals surface area contributed by atoms with E-state index >= 15 is 0 Å². The zero-order valence-electron chi connectivity index (χ0n) is 6.37. The number of carboxylic acid groups (broad SMARTS) is 1. The van der Waals surface area contributed by atoms with Crippen LogP contribution in [0.3, 0.4) is 0 Å². The van der Waals surface area contributed by atoms with E-state index in [1.807, 2.05) is 0 Å². The summed E-state index contributed by atoms with van der Waals surface area (Å²) in [6, 6.07) is 1.06. The number of aromatic carboxylic acids is 1. The van der Waals surface area contributed by atoms with E-state index < -0.39 is 12.8 Å². The van der Waals surface area contributed by atoms with Crippen LogP contribution in [0.5, 0.6) is 0 Å². The Labute approximate surface area is 53.9 Å². The van der Waals surface area contributed by atoms with Crippen molar-refractivity contribution in [3.05, 3.63) is 17.5 Å². The van der Waals surface area contributed by atoms with Gasteiger partial charge in [0.15, 0.2) is 5.69 Å². The molecule has 0 aliphatic rings. The summed E-state index contributed by atoms with van der Waals surface area (Å²) in [6.07, 6.45) is 0. The molecule has 9 heavy (non-hydrogen) atoms. The lowest BCUT2D eigenvalue weighted by Gasteiger charge is -1.75. The molecule has 0 radical (unpaired) electrons. The van der Waals surface area contributed by atoms with Crippen LogP contribution in [0.4, 0.5) is 0 Å². The first kappa shape index (κ1) is 3.66. The third-order valence-electron chi connectivity index (χ3n) is 0.747. The number of rotatable bonds is 1. The van der Waals surface area contributed by atoms with Crippen LogP contribution in [0.25, 0.3) is 0 Å². The fraction of sp³-hybridized carbons (Fsp3) is 0.200. The number of carboxylic acids is 1. The number of nitrogens with zero attached hydrogens (tertiary/aromatic N) is 1. The Kier molecular flexibility index (Phi) is 0.768. The summed E-state index contributed by atoms with van der Waals surface area (Å²) in [4.78, 5) is 10.2. The van der Waals surface area contributed by atoms with Crippen molar-refractivity contribution in [2.45, 2.75) is 6.88 Å². The first-order valence-electron chi connectivity index (χ1n) is 3.31. The minimum absolute atomic E-state index is 0.0672. The van der Waals surface area contributed by atoms with Gasteiger partial charge in [-0.3, -0.25) is 0 Å². The number of aromatic nitrogens is 1. The van der Waals surface area contributed by atoms with Gasteiger partial charge in [-0.1, -0.05) is 5.16 Å². The molecule has 1 aromatic rings. The molecule has 0 spiro atoms. The molecule has 0 atom stereocenters. The van der Waals surface area contributed by atoms with Crippen molar-refractivity contribution in [3.63, 3.8) is 0 Å². The Morgan fingerprint density at radius 2 is 2.89 bits per heavy atom. The van der Waals surface area contributed by atoms with E-state index in [0.29, 0.717) is 0 Å². The van der Waals surface area contributed by atoms with Gasteiger partial charge in [0, 0.05) is 8.81 Å². The van der Waals surface area contributed by atoms with Gasteiger partial charge in [0.25, 0.3) is 0 Å². The molecule has 0 fully saturated rings. The molecule has 4 nitrogen and oxygen atoms in total. The molecular weight excluding hydrogens is 122 g/mol. The normalized spacial score (nSPS) is 13.0. The molecule has 1 heterocycles. The lowest BCUT2D eigenvalue weighted by atomic mass is 10.4. The molecule has 0 aromatic carbocycles. The molecule has 1 aromatic heterocycles. The number of aryl methyl sites for hydroxylation is 1. The van der Waals surface area contributed by atoms with E-state index in [2.05, 4.69) is 9.68 Å². The average Bonchev–Trinajstić information content (AvgIpc) is 2.33.